The summed E-state index contributed by atoms with van der Waals surface area (Å²) in [4.78, 5) is 12.7. The molecule has 3 aromatic rings. The van der Waals surface area contributed by atoms with Crippen LogP contribution in [-0.4, -0.2) is 26.6 Å². The maximum Gasteiger partial charge on any atom is 0.435 e. The van der Waals surface area contributed by atoms with Gasteiger partial charge in [0.2, 0.25) is 0 Å². The molecular weight excluding hydrogens is 478 g/mol. The maximum absolute atomic E-state index is 13.4. The first-order valence-corrected chi connectivity index (χ1v) is 10.6. The average Bonchev–Trinajstić information content (AvgIpc) is 2.71. The number of nitrogens with one attached hydrogen (secondary N) is 2. The van der Waals surface area contributed by atoms with Crippen molar-refractivity contribution in [3.05, 3.63) is 71.2 Å². The zero-order valence-corrected chi connectivity index (χ0v) is 17.2. The summed E-state index contributed by atoms with van der Waals surface area (Å²) in [5.41, 5.74) is -2.40. The Balaban J connectivity index is 2.02. The Morgan fingerprint density at radius 3 is 2.27 bits per heavy atom. The number of halogens is 6. The molecule has 14 heteroatoms. The highest BCUT2D eigenvalue weighted by atomic mass is 32.2. The lowest BCUT2D eigenvalue weighted by molar-refractivity contribution is -0.141. The minimum Gasteiger partial charge on any atom is -0.437 e. The summed E-state index contributed by atoms with van der Waals surface area (Å²) in [6, 6.07) is 6.30. The molecule has 0 saturated carbocycles. The van der Waals surface area contributed by atoms with Crippen LogP contribution in [-0.2, 0) is 15.9 Å². The Morgan fingerprint density at radius 2 is 1.70 bits per heavy atom. The molecule has 1 aromatic heterocycles. The van der Waals surface area contributed by atoms with Gasteiger partial charge < -0.3 is 10.1 Å². The standard InChI is InChI=1S/C19H12F6N4O3S/c1-33(26,31)11-4-2-3-9(5-11)27-17(30)12-8-15(19(23,24)25)28-29-18(12)32-10-6-13(20)16(22)14(21)7-10/h2-8,26H,1H3,(H,27,30). The fraction of sp³-hybridized carbons (Fsp3) is 0.105. The van der Waals surface area contributed by atoms with Gasteiger partial charge in [0.1, 0.15) is 11.3 Å². The Morgan fingerprint density at radius 1 is 1.06 bits per heavy atom. The quantitative estimate of drug-likeness (QED) is 0.387. The van der Waals surface area contributed by atoms with Crippen LogP contribution >= 0.6 is 0 Å². The molecule has 174 valence electrons. The van der Waals surface area contributed by atoms with Gasteiger partial charge in [-0.3, -0.25) is 4.79 Å². The second-order valence-corrected chi connectivity index (χ2v) is 8.73. The molecule has 0 radical (unpaired) electrons. The number of carbonyl (C=O) groups excluding carboxylic acids is 1. The van der Waals surface area contributed by atoms with E-state index in [1.165, 1.54) is 24.3 Å². The Kier molecular flexibility index (Phi) is 6.31. The van der Waals surface area contributed by atoms with Crippen molar-refractivity contribution >= 4 is 21.3 Å². The number of alkyl halides is 3. The van der Waals surface area contributed by atoms with Gasteiger partial charge in [0.25, 0.3) is 11.8 Å². The van der Waals surface area contributed by atoms with E-state index in [0.29, 0.717) is 18.2 Å². The number of benzene rings is 2. The summed E-state index contributed by atoms with van der Waals surface area (Å²) >= 11 is 0. The summed E-state index contributed by atoms with van der Waals surface area (Å²) in [6.45, 7) is 0. The molecule has 3 rings (SSSR count). The number of amides is 1. The number of rotatable bonds is 5. The Labute approximate surface area is 182 Å². The van der Waals surface area contributed by atoms with Gasteiger partial charge in [0.15, 0.2) is 23.1 Å². The summed E-state index contributed by atoms with van der Waals surface area (Å²) in [6.07, 6.45) is -3.86. The number of nitrogens with zero attached hydrogens (tertiary/aromatic N) is 2. The maximum atomic E-state index is 13.4. The molecule has 2 N–H and O–H groups in total. The van der Waals surface area contributed by atoms with Crippen molar-refractivity contribution in [3.8, 4) is 11.6 Å². The van der Waals surface area contributed by atoms with Gasteiger partial charge >= 0.3 is 6.18 Å². The normalized spacial score (nSPS) is 13.3. The van der Waals surface area contributed by atoms with Crippen LogP contribution in [0, 0.1) is 22.2 Å². The lowest BCUT2D eigenvalue weighted by Gasteiger charge is -2.13. The van der Waals surface area contributed by atoms with Gasteiger partial charge in [-0.2, -0.15) is 13.2 Å². The number of ether oxygens (including phenoxy) is 1. The molecular formula is C19H12F6N4O3S. The monoisotopic (exact) mass is 490 g/mol. The van der Waals surface area contributed by atoms with Gasteiger partial charge in [0, 0.05) is 29.0 Å². The average molecular weight is 490 g/mol. The molecule has 1 heterocycles. The van der Waals surface area contributed by atoms with E-state index in [1.807, 2.05) is 0 Å². The van der Waals surface area contributed by atoms with E-state index in [-0.39, 0.29) is 10.6 Å². The number of hydrogen-bond acceptors (Lipinski definition) is 6. The SMILES string of the molecule is CS(=N)(=O)c1cccc(NC(=O)c2cc(C(F)(F)F)nnc2Oc2cc(F)c(F)c(F)c2)c1. The van der Waals surface area contributed by atoms with E-state index in [2.05, 4.69) is 15.5 Å². The molecule has 0 aliphatic rings. The number of hydrogen-bond donors (Lipinski definition) is 2. The molecule has 7 nitrogen and oxygen atoms in total. The van der Waals surface area contributed by atoms with Crippen LogP contribution in [0.3, 0.4) is 0 Å². The van der Waals surface area contributed by atoms with Gasteiger partial charge in [-0.25, -0.2) is 22.2 Å². The van der Waals surface area contributed by atoms with Crippen molar-refractivity contribution in [2.24, 2.45) is 0 Å². The molecule has 33 heavy (non-hydrogen) atoms. The zero-order valence-electron chi connectivity index (χ0n) is 16.3. The predicted molar refractivity (Wildman–Crippen MR) is 103 cm³/mol. The number of anilines is 1. The minimum absolute atomic E-state index is 0.0190. The van der Waals surface area contributed by atoms with E-state index >= 15 is 0 Å². The first-order chi connectivity index (χ1) is 15.3. The first kappa shape index (κ1) is 24.0. The summed E-state index contributed by atoms with van der Waals surface area (Å²) in [5, 5.41) is 8.31. The van der Waals surface area contributed by atoms with Crippen molar-refractivity contribution in [3.63, 3.8) is 0 Å². The van der Waals surface area contributed by atoms with Crippen LogP contribution in [0.2, 0.25) is 0 Å². The van der Waals surface area contributed by atoms with Crippen LogP contribution in [0.25, 0.3) is 0 Å². The smallest absolute Gasteiger partial charge is 0.435 e. The van der Waals surface area contributed by atoms with Crippen LogP contribution < -0.4 is 10.1 Å². The topological polar surface area (TPSA) is 105 Å². The third-order valence-corrected chi connectivity index (χ3v) is 5.16. The molecule has 0 fully saturated rings. The van der Waals surface area contributed by atoms with Crippen molar-refractivity contribution in [2.45, 2.75) is 11.1 Å². The van der Waals surface area contributed by atoms with E-state index < -0.39 is 62.2 Å². The van der Waals surface area contributed by atoms with E-state index in [1.54, 1.807) is 0 Å². The van der Waals surface area contributed by atoms with Crippen LogP contribution in [0.15, 0.2) is 47.4 Å². The molecule has 0 aliphatic heterocycles. The Bertz CT molecular complexity index is 1320. The molecule has 0 bridgehead atoms. The van der Waals surface area contributed by atoms with Gasteiger partial charge in [-0.1, -0.05) is 6.07 Å². The zero-order chi connectivity index (χ0) is 24.6. The third-order valence-electron chi connectivity index (χ3n) is 4.01. The molecule has 0 saturated heterocycles. The summed E-state index contributed by atoms with van der Waals surface area (Å²) in [5.74, 6) is -7.85. The predicted octanol–water partition coefficient (Wildman–Crippen LogP) is 4.99. The highest BCUT2D eigenvalue weighted by Crippen LogP contribution is 2.32. The minimum atomic E-state index is -4.99. The largest absolute Gasteiger partial charge is 0.437 e. The van der Waals surface area contributed by atoms with Crippen molar-refractivity contribution < 1.29 is 40.1 Å². The van der Waals surface area contributed by atoms with Crippen molar-refractivity contribution in [2.75, 3.05) is 11.6 Å². The fourth-order valence-electron chi connectivity index (χ4n) is 2.47. The first-order valence-electron chi connectivity index (χ1n) is 8.68. The van der Waals surface area contributed by atoms with Crippen LogP contribution in [0.1, 0.15) is 16.1 Å². The molecule has 2 aromatic carbocycles. The van der Waals surface area contributed by atoms with E-state index in [0.717, 1.165) is 6.26 Å². The lowest BCUT2D eigenvalue weighted by atomic mass is 10.2. The molecule has 1 atom stereocenters. The van der Waals surface area contributed by atoms with Gasteiger partial charge in [-0.15, -0.1) is 10.2 Å². The lowest BCUT2D eigenvalue weighted by Crippen LogP contribution is -2.18. The highest BCUT2D eigenvalue weighted by Gasteiger charge is 2.35. The fourth-order valence-corrected chi connectivity index (χ4v) is 3.16. The molecule has 0 aliphatic carbocycles. The van der Waals surface area contributed by atoms with Gasteiger partial charge in [-0.05, 0) is 24.3 Å². The van der Waals surface area contributed by atoms with E-state index in [4.69, 9.17) is 9.52 Å². The second-order valence-electron chi connectivity index (χ2n) is 6.57. The van der Waals surface area contributed by atoms with Crippen molar-refractivity contribution in [1.82, 2.24) is 10.2 Å². The third kappa shape index (κ3) is 5.58. The van der Waals surface area contributed by atoms with Crippen molar-refractivity contribution in [1.29, 1.82) is 4.78 Å². The van der Waals surface area contributed by atoms with Crippen LogP contribution in [0.5, 0.6) is 11.6 Å². The van der Waals surface area contributed by atoms with E-state index in [9.17, 15) is 35.3 Å². The summed E-state index contributed by atoms with van der Waals surface area (Å²) in [7, 11) is -3.16. The second kappa shape index (κ2) is 8.69. The summed E-state index contributed by atoms with van der Waals surface area (Å²) < 4.78 is 104. The number of carbonyl (C=O) groups is 1. The highest BCUT2D eigenvalue weighted by molar-refractivity contribution is 7.91. The Hall–Kier alpha value is -3.68. The number of aromatic nitrogens is 2. The molecule has 1 amide bonds. The molecule has 0 spiro atoms. The molecule has 1 unspecified atom stereocenters. The van der Waals surface area contributed by atoms with Gasteiger partial charge in [0.05, 0.1) is 9.73 Å². The van der Waals surface area contributed by atoms with Crippen LogP contribution in [0.4, 0.5) is 32.0 Å².